The Morgan fingerprint density at radius 3 is 2.86 bits per heavy atom. The largest absolute Gasteiger partial charge is 0.488 e. The molecule has 0 aliphatic heterocycles. The van der Waals surface area contributed by atoms with Crippen molar-refractivity contribution in [3.8, 4) is 17.1 Å². The average Bonchev–Trinajstić information content (AvgIpc) is 3.14. The first-order valence-electron chi connectivity index (χ1n) is 8.73. The molecule has 0 unspecified atom stereocenters. The third-order valence-electron chi connectivity index (χ3n) is 4.46. The minimum Gasteiger partial charge on any atom is -0.488 e. The summed E-state index contributed by atoms with van der Waals surface area (Å²) >= 11 is 7.73. The zero-order valence-electron chi connectivity index (χ0n) is 14.7. The molecule has 0 amide bonds. The smallest absolute Gasteiger partial charge is 0.159 e. The first-order chi connectivity index (χ1) is 13.8. The Kier molecular flexibility index (Phi) is 4.39. The molecule has 3 heterocycles. The van der Waals surface area contributed by atoms with Gasteiger partial charge >= 0.3 is 0 Å². The van der Waals surface area contributed by atoms with Crippen LogP contribution in [0.15, 0.2) is 72.4 Å². The van der Waals surface area contributed by atoms with E-state index in [2.05, 4.69) is 15.3 Å². The zero-order valence-corrected chi connectivity index (χ0v) is 16.2. The molecule has 5 rings (SSSR count). The van der Waals surface area contributed by atoms with Crippen molar-refractivity contribution >= 4 is 44.1 Å². The van der Waals surface area contributed by atoms with Gasteiger partial charge in [0, 0.05) is 39.3 Å². The third kappa shape index (κ3) is 3.19. The van der Waals surface area contributed by atoms with Gasteiger partial charge in [-0.1, -0.05) is 29.8 Å². The molecule has 2 aromatic carbocycles. The van der Waals surface area contributed by atoms with Crippen LogP contribution in [0.4, 0.5) is 0 Å². The number of pyridine rings is 1. The minimum absolute atomic E-state index is 0.431. The highest BCUT2D eigenvalue weighted by molar-refractivity contribution is 7.17. The summed E-state index contributed by atoms with van der Waals surface area (Å²) < 4.78 is 7.15. The number of thiophene rings is 1. The molecular formula is C22H14ClN3OS. The van der Waals surface area contributed by atoms with Crippen LogP contribution >= 0.6 is 22.9 Å². The number of aromatic nitrogens is 3. The van der Waals surface area contributed by atoms with Crippen LogP contribution in [0.3, 0.4) is 0 Å². The molecule has 0 N–H and O–H groups in total. The van der Waals surface area contributed by atoms with E-state index in [0.29, 0.717) is 17.5 Å². The van der Waals surface area contributed by atoms with Gasteiger partial charge in [0.2, 0.25) is 0 Å². The summed E-state index contributed by atoms with van der Waals surface area (Å²) in [5.74, 6) is 1.47. The van der Waals surface area contributed by atoms with Crippen molar-refractivity contribution in [1.82, 2.24) is 15.0 Å². The Morgan fingerprint density at radius 2 is 1.93 bits per heavy atom. The molecule has 0 aliphatic rings. The first-order valence-corrected chi connectivity index (χ1v) is 9.99. The maximum absolute atomic E-state index is 6.12. The lowest BCUT2D eigenvalue weighted by molar-refractivity contribution is 0.311. The second kappa shape index (κ2) is 7.19. The molecule has 0 radical (unpaired) electrons. The lowest BCUT2D eigenvalue weighted by Gasteiger charge is -2.08. The van der Waals surface area contributed by atoms with Crippen LogP contribution in [-0.2, 0) is 6.61 Å². The molecule has 0 saturated heterocycles. The van der Waals surface area contributed by atoms with Crippen molar-refractivity contribution < 1.29 is 4.74 Å². The maximum Gasteiger partial charge on any atom is 0.159 e. The Hall–Kier alpha value is -3.02. The number of hydrogen-bond donors (Lipinski definition) is 0. The fourth-order valence-electron chi connectivity index (χ4n) is 3.10. The number of rotatable bonds is 4. The van der Waals surface area contributed by atoms with E-state index in [1.807, 2.05) is 60.8 Å². The Labute approximate surface area is 170 Å². The molecule has 28 heavy (non-hydrogen) atoms. The number of ether oxygens (including phenoxy) is 1. The van der Waals surface area contributed by atoms with E-state index in [9.17, 15) is 0 Å². The third-order valence-corrected chi connectivity index (χ3v) is 5.65. The lowest BCUT2D eigenvalue weighted by Crippen LogP contribution is -1.97. The van der Waals surface area contributed by atoms with Crippen LogP contribution in [-0.4, -0.2) is 15.0 Å². The monoisotopic (exact) mass is 403 g/mol. The molecular weight excluding hydrogens is 390 g/mol. The van der Waals surface area contributed by atoms with Gasteiger partial charge in [0.1, 0.15) is 12.4 Å². The number of hydrogen-bond acceptors (Lipinski definition) is 5. The van der Waals surface area contributed by atoms with Gasteiger partial charge in [-0.15, -0.1) is 11.3 Å². The quantitative estimate of drug-likeness (QED) is 0.361. The summed E-state index contributed by atoms with van der Waals surface area (Å²) in [5, 5.41) is 3.74. The van der Waals surface area contributed by atoms with Gasteiger partial charge in [-0.3, -0.25) is 4.98 Å². The van der Waals surface area contributed by atoms with Crippen molar-refractivity contribution in [3.05, 3.63) is 83.0 Å². The lowest BCUT2D eigenvalue weighted by atomic mass is 10.2. The summed E-state index contributed by atoms with van der Waals surface area (Å²) in [4.78, 5) is 13.6. The summed E-state index contributed by atoms with van der Waals surface area (Å²) in [5.41, 5.74) is 3.76. The van der Waals surface area contributed by atoms with Crippen LogP contribution < -0.4 is 4.74 Å². The first kappa shape index (κ1) is 17.1. The van der Waals surface area contributed by atoms with Gasteiger partial charge in [-0.25, -0.2) is 9.97 Å². The molecule has 3 aromatic heterocycles. The average molecular weight is 404 g/mol. The Balaban J connectivity index is 1.48. The second-order valence-corrected chi connectivity index (χ2v) is 7.64. The van der Waals surface area contributed by atoms with E-state index in [4.69, 9.17) is 21.3 Å². The second-order valence-electron chi connectivity index (χ2n) is 6.29. The normalized spacial score (nSPS) is 11.2. The highest BCUT2D eigenvalue weighted by atomic mass is 35.5. The standard InChI is InChI=1S/C22H14ClN3OS/c23-16-5-1-4-14(10-16)22-25-11-20-21(26-22)15(13-28-20)12-27-19-8-2-7-18-17(19)6-3-9-24-18/h1-11,13H,12H2. The molecule has 0 bridgehead atoms. The van der Waals surface area contributed by atoms with Crippen molar-refractivity contribution in [2.24, 2.45) is 0 Å². The van der Waals surface area contributed by atoms with E-state index in [1.165, 1.54) is 0 Å². The minimum atomic E-state index is 0.431. The van der Waals surface area contributed by atoms with Gasteiger partial charge in [-0.2, -0.15) is 0 Å². The van der Waals surface area contributed by atoms with Crippen LogP contribution in [0.25, 0.3) is 32.5 Å². The molecule has 0 aliphatic carbocycles. The number of nitrogens with zero attached hydrogens (tertiary/aromatic N) is 3. The summed E-state index contributed by atoms with van der Waals surface area (Å²) in [6, 6.07) is 17.4. The molecule has 5 aromatic rings. The number of halogens is 1. The summed E-state index contributed by atoms with van der Waals surface area (Å²) in [6.45, 7) is 0.431. The molecule has 0 saturated carbocycles. The number of benzene rings is 2. The van der Waals surface area contributed by atoms with Gasteiger partial charge < -0.3 is 4.74 Å². The molecule has 6 heteroatoms. The molecule has 0 spiro atoms. The van der Waals surface area contributed by atoms with Crippen LogP contribution in [0.2, 0.25) is 5.02 Å². The van der Waals surface area contributed by atoms with E-state index in [-0.39, 0.29) is 0 Å². The molecule has 136 valence electrons. The van der Waals surface area contributed by atoms with Gasteiger partial charge in [0.25, 0.3) is 0 Å². The van der Waals surface area contributed by atoms with Crippen molar-refractivity contribution in [2.75, 3.05) is 0 Å². The predicted octanol–water partition coefficient (Wildman–Crippen LogP) is 6.14. The van der Waals surface area contributed by atoms with E-state index < -0.39 is 0 Å². The van der Waals surface area contributed by atoms with E-state index in [1.54, 1.807) is 17.5 Å². The van der Waals surface area contributed by atoms with Crippen molar-refractivity contribution in [2.45, 2.75) is 6.61 Å². The SMILES string of the molecule is Clc1cccc(-c2ncc3scc(COc4cccc5ncccc45)c3n2)c1. The summed E-state index contributed by atoms with van der Waals surface area (Å²) in [6.07, 6.45) is 3.64. The van der Waals surface area contributed by atoms with Gasteiger partial charge in [0.05, 0.1) is 15.7 Å². The van der Waals surface area contributed by atoms with E-state index >= 15 is 0 Å². The summed E-state index contributed by atoms with van der Waals surface area (Å²) in [7, 11) is 0. The van der Waals surface area contributed by atoms with Crippen molar-refractivity contribution in [1.29, 1.82) is 0 Å². The van der Waals surface area contributed by atoms with Crippen molar-refractivity contribution in [3.63, 3.8) is 0 Å². The van der Waals surface area contributed by atoms with Gasteiger partial charge in [0.15, 0.2) is 5.82 Å². The topological polar surface area (TPSA) is 47.9 Å². The van der Waals surface area contributed by atoms with E-state index in [0.717, 1.165) is 38.0 Å². The van der Waals surface area contributed by atoms with Gasteiger partial charge in [-0.05, 0) is 36.4 Å². The highest BCUT2D eigenvalue weighted by Gasteiger charge is 2.11. The Bertz CT molecular complexity index is 1300. The predicted molar refractivity (Wildman–Crippen MR) is 114 cm³/mol. The Morgan fingerprint density at radius 1 is 1.00 bits per heavy atom. The molecule has 0 atom stereocenters. The highest BCUT2D eigenvalue weighted by Crippen LogP contribution is 2.29. The van der Waals surface area contributed by atoms with Crippen LogP contribution in [0.1, 0.15) is 5.56 Å². The fourth-order valence-corrected chi connectivity index (χ4v) is 4.14. The molecule has 0 fully saturated rings. The van der Waals surface area contributed by atoms with Crippen LogP contribution in [0, 0.1) is 0 Å². The fraction of sp³-hybridized carbons (Fsp3) is 0.0455. The molecule has 4 nitrogen and oxygen atoms in total. The van der Waals surface area contributed by atoms with Crippen LogP contribution in [0.5, 0.6) is 5.75 Å². The number of fused-ring (bicyclic) bond motifs is 2. The maximum atomic E-state index is 6.12. The zero-order chi connectivity index (χ0) is 18.9.